The van der Waals surface area contributed by atoms with Crippen LogP contribution in [0.25, 0.3) is 0 Å². The van der Waals surface area contributed by atoms with Gasteiger partial charge in [-0.15, -0.1) is 0 Å². The summed E-state index contributed by atoms with van der Waals surface area (Å²) in [6, 6.07) is 4.11. The number of aromatic nitrogens is 1. The summed E-state index contributed by atoms with van der Waals surface area (Å²) in [5, 5.41) is 0. The Morgan fingerprint density at radius 2 is 2.25 bits per heavy atom. The zero-order valence-corrected chi connectivity index (χ0v) is 10.1. The van der Waals surface area contributed by atoms with Gasteiger partial charge in [0.25, 0.3) is 0 Å². The average molecular weight is 220 g/mol. The quantitative estimate of drug-likeness (QED) is 0.847. The molecule has 1 atom stereocenters. The van der Waals surface area contributed by atoms with Gasteiger partial charge in [0.1, 0.15) is 0 Å². The Labute approximate surface area is 97.0 Å². The summed E-state index contributed by atoms with van der Waals surface area (Å²) >= 11 is 0. The molecule has 1 unspecified atom stereocenters. The van der Waals surface area contributed by atoms with Crippen LogP contribution >= 0.6 is 0 Å². The lowest BCUT2D eigenvalue weighted by atomic mass is 9.75. The minimum absolute atomic E-state index is 0.0320. The molecule has 88 valence electrons. The summed E-state index contributed by atoms with van der Waals surface area (Å²) in [4.78, 5) is 4.28. The molecule has 1 heterocycles. The molecule has 1 aliphatic rings. The number of rotatable bonds is 4. The number of pyridine rings is 1. The number of hydrogen-bond acceptors (Lipinski definition) is 3. The molecule has 0 spiro atoms. The fraction of sp³-hybridized carbons (Fsp3) is 0.615. The number of methoxy groups -OCH3 is 1. The van der Waals surface area contributed by atoms with Crippen LogP contribution in [0.3, 0.4) is 0 Å². The Hall–Kier alpha value is -0.930. The fourth-order valence-electron chi connectivity index (χ4n) is 2.28. The van der Waals surface area contributed by atoms with Crippen LogP contribution in [0.15, 0.2) is 18.3 Å². The Kier molecular flexibility index (Phi) is 3.26. The Balaban J connectivity index is 2.02. The highest BCUT2D eigenvalue weighted by Gasteiger charge is 2.38. The van der Waals surface area contributed by atoms with Crippen molar-refractivity contribution in [3.8, 4) is 0 Å². The summed E-state index contributed by atoms with van der Waals surface area (Å²) in [5.41, 5.74) is 8.36. The van der Waals surface area contributed by atoms with E-state index in [0.29, 0.717) is 0 Å². The molecule has 0 saturated heterocycles. The summed E-state index contributed by atoms with van der Waals surface area (Å²) in [5.74, 6) is 0. The second kappa shape index (κ2) is 4.52. The average Bonchev–Trinajstić information content (AvgIpc) is 2.24. The van der Waals surface area contributed by atoms with E-state index in [1.165, 1.54) is 6.42 Å². The zero-order valence-electron chi connectivity index (χ0n) is 10.1. The minimum atomic E-state index is 0.0320. The largest absolute Gasteiger partial charge is 0.378 e. The third kappa shape index (κ3) is 2.25. The molecule has 1 saturated carbocycles. The second-order valence-corrected chi connectivity index (χ2v) is 4.78. The molecule has 2 N–H and O–H groups in total. The van der Waals surface area contributed by atoms with Crippen molar-refractivity contribution in [2.45, 2.75) is 44.2 Å². The van der Waals surface area contributed by atoms with Crippen molar-refractivity contribution in [3.05, 3.63) is 29.6 Å². The molecule has 1 aliphatic carbocycles. The van der Waals surface area contributed by atoms with Gasteiger partial charge in [-0.05, 0) is 44.2 Å². The summed E-state index contributed by atoms with van der Waals surface area (Å²) < 4.78 is 5.59. The van der Waals surface area contributed by atoms with E-state index >= 15 is 0 Å². The van der Waals surface area contributed by atoms with Crippen LogP contribution in [-0.2, 0) is 4.74 Å². The predicted molar refractivity (Wildman–Crippen MR) is 64.1 cm³/mol. The van der Waals surface area contributed by atoms with Crippen molar-refractivity contribution < 1.29 is 4.74 Å². The van der Waals surface area contributed by atoms with Crippen molar-refractivity contribution in [2.75, 3.05) is 7.11 Å². The van der Waals surface area contributed by atoms with Gasteiger partial charge in [-0.1, -0.05) is 6.07 Å². The molecule has 0 radical (unpaired) electrons. The second-order valence-electron chi connectivity index (χ2n) is 4.78. The van der Waals surface area contributed by atoms with Gasteiger partial charge in [0.05, 0.1) is 5.60 Å². The molecule has 3 heteroatoms. The topological polar surface area (TPSA) is 48.1 Å². The highest BCUT2D eigenvalue weighted by atomic mass is 16.5. The predicted octanol–water partition coefficient (Wildman–Crippen LogP) is 2.35. The van der Waals surface area contributed by atoms with Gasteiger partial charge in [-0.3, -0.25) is 4.98 Å². The van der Waals surface area contributed by atoms with E-state index in [2.05, 4.69) is 11.1 Å². The van der Waals surface area contributed by atoms with Crippen LogP contribution in [0.4, 0.5) is 0 Å². The first-order chi connectivity index (χ1) is 7.65. The van der Waals surface area contributed by atoms with Crippen molar-refractivity contribution in [1.82, 2.24) is 4.98 Å². The first kappa shape index (κ1) is 11.6. The van der Waals surface area contributed by atoms with Crippen molar-refractivity contribution >= 4 is 0 Å². The van der Waals surface area contributed by atoms with Crippen molar-refractivity contribution in [1.29, 1.82) is 0 Å². The molecular weight excluding hydrogens is 200 g/mol. The molecule has 1 aromatic heterocycles. The van der Waals surface area contributed by atoms with Gasteiger partial charge >= 0.3 is 0 Å². The molecule has 16 heavy (non-hydrogen) atoms. The lowest BCUT2D eigenvalue weighted by molar-refractivity contribution is -0.0817. The maximum absolute atomic E-state index is 6.20. The molecule has 0 amide bonds. The van der Waals surface area contributed by atoms with Crippen LogP contribution in [0.2, 0.25) is 0 Å². The third-order valence-corrected chi connectivity index (χ3v) is 3.65. The maximum Gasteiger partial charge on any atom is 0.0696 e. The number of ether oxygens (including phenoxy) is 1. The van der Waals surface area contributed by atoms with E-state index in [1.54, 1.807) is 7.11 Å². The monoisotopic (exact) mass is 220 g/mol. The first-order valence-corrected chi connectivity index (χ1v) is 5.88. The van der Waals surface area contributed by atoms with E-state index < -0.39 is 0 Å². The lowest BCUT2D eigenvalue weighted by Gasteiger charge is -2.42. The first-order valence-electron chi connectivity index (χ1n) is 5.88. The SMILES string of the molecule is COC1(CC(N)c2ccc(C)nc2)CCC1. The molecule has 3 nitrogen and oxygen atoms in total. The van der Waals surface area contributed by atoms with Crippen molar-refractivity contribution in [3.63, 3.8) is 0 Å². The molecular formula is C13H20N2O. The standard InChI is InChI=1S/C13H20N2O/c1-10-4-5-11(9-15-10)12(14)8-13(16-2)6-3-7-13/h4-5,9,12H,3,6-8,14H2,1-2H3. The van der Waals surface area contributed by atoms with E-state index in [9.17, 15) is 0 Å². The smallest absolute Gasteiger partial charge is 0.0696 e. The highest BCUT2D eigenvalue weighted by Crippen LogP contribution is 2.41. The Morgan fingerprint density at radius 3 is 2.69 bits per heavy atom. The van der Waals surface area contributed by atoms with Gasteiger partial charge in [-0.2, -0.15) is 0 Å². The summed E-state index contributed by atoms with van der Waals surface area (Å²) in [6.45, 7) is 1.98. The molecule has 2 rings (SSSR count). The molecule has 0 bridgehead atoms. The normalized spacial score (nSPS) is 20.2. The van der Waals surface area contributed by atoms with Gasteiger partial charge in [0.2, 0.25) is 0 Å². The van der Waals surface area contributed by atoms with Gasteiger partial charge in [0, 0.05) is 25.0 Å². The molecule has 1 fully saturated rings. The van der Waals surface area contributed by atoms with E-state index in [0.717, 1.165) is 30.5 Å². The molecule has 0 aliphatic heterocycles. The highest BCUT2D eigenvalue weighted by molar-refractivity contribution is 5.17. The van der Waals surface area contributed by atoms with Crippen molar-refractivity contribution in [2.24, 2.45) is 5.73 Å². The van der Waals surface area contributed by atoms with Gasteiger partial charge in [-0.25, -0.2) is 0 Å². The number of nitrogens with zero attached hydrogens (tertiary/aromatic N) is 1. The lowest BCUT2D eigenvalue weighted by Crippen LogP contribution is -2.41. The number of hydrogen-bond donors (Lipinski definition) is 1. The number of nitrogens with two attached hydrogens (primary N) is 1. The van der Waals surface area contributed by atoms with Gasteiger partial charge < -0.3 is 10.5 Å². The number of aryl methyl sites for hydroxylation is 1. The van der Waals surface area contributed by atoms with Crippen LogP contribution in [0.5, 0.6) is 0 Å². The van der Waals surface area contributed by atoms with Crippen LogP contribution in [-0.4, -0.2) is 17.7 Å². The minimum Gasteiger partial charge on any atom is -0.378 e. The summed E-state index contributed by atoms with van der Waals surface area (Å²) in [6.07, 6.45) is 6.30. The third-order valence-electron chi connectivity index (χ3n) is 3.65. The zero-order chi connectivity index (χ0) is 11.6. The molecule has 0 aromatic carbocycles. The fourth-order valence-corrected chi connectivity index (χ4v) is 2.28. The molecule has 1 aromatic rings. The maximum atomic E-state index is 6.20. The van der Waals surface area contributed by atoms with Crippen LogP contribution in [0, 0.1) is 6.92 Å². The Bertz CT molecular complexity index is 338. The van der Waals surface area contributed by atoms with Crippen LogP contribution < -0.4 is 5.73 Å². The Morgan fingerprint density at radius 1 is 1.50 bits per heavy atom. The van der Waals surface area contributed by atoms with Crippen LogP contribution in [0.1, 0.15) is 43.0 Å². The van der Waals surface area contributed by atoms with E-state index in [1.807, 2.05) is 19.2 Å². The van der Waals surface area contributed by atoms with E-state index in [-0.39, 0.29) is 11.6 Å². The van der Waals surface area contributed by atoms with Gasteiger partial charge in [0.15, 0.2) is 0 Å². The van der Waals surface area contributed by atoms with E-state index in [4.69, 9.17) is 10.5 Å². The summed E-state index contributed by atoms with van der Waals surface area (Å²) in [7, 11) is 1.79.